The third-order valence-electron chi connectivity index (χ3n) is 3.91. The predicted octanol–water partition coefficient (Wildman–Crippen LogP) is 3.47. The third kappa shape index (κ3) is 3.18. The summed E-state index contributed by atoms with van der Waals surface area (Å²) in [7, 11) is 0. The summed E-state index contributed by atoms with van der Waals surface area (Å²) in [5.74, 6) is -0.300. The second-order valence-electron chi connectivity index (χ2n) is 5.37. The molecule has 0 unspecified atom stereocenters. The van der Waals surface area contributed by atoms with Gasteiger partial charge in [-0.15, -0.1) is 0 Å². The second-order valence-corrected chi connectivity index (χ2v) is 5.37. The Bertz CT molecular complexity index is 686. The van der Waals surface area contributed by atoms with Crippen LogP contribution in [0.5, 0.6) is 0 Å². The molecule has 0 aliphatic carbocycles. The van der Waals surface area contributed by atoms with Gasteiger partial charge in [0.1, 0.15) is 5.69 Å². The number of likely N-dealkylation sites (tertiary alicyclic amines) is 1. The maximum atomic E-state index is 12.6. The van der Waals surface area contributed by atoms with Crippen LogP contribution in [-0.2, 0) is 6.18 Å². The lowest BCUT2D eigenvalue weighted by atomic mass is 10.1. The van der Waals surface area contributed by atoms with Crippen molar-refractivity contribution >= 4 is 5.91 Å². The second kappa shape index (κ2) is 5.98. The van der Waals surface area contributed by atoms with Crippen molar-refractivity contribution in [2.24, 2.45) is 0 Å². The quantitative estimate of drug-likeness (QED) is 0.851. The molecule has 2 aromatic rings. The highest BCUT2D eigenvalue weighted by atomic mass is 19.4. The standard InChI is InChI=1S/C16H14F3N3O/c17-16(18,19)14-4-3-12(10-21-14)15(23)22-9-1-2-13(22)11-5-7-20-8-6-11/h3-8,10,13H,1-2,9H2/t13-/m1/s1. The molecule has 4 nitrogen and oxygen atoms in total. The van der Waals surface area contributed by atoms with E-state index < -0.39 is 11.9 Å². The van der Waals surface area contributed by atoms with Gasteiger partial charge in [-0.3, -0.25) is 14.8 Å². The van der Waals surface area contributed by atoms with Crippen molar-refractivity contribution in [3.63, 3.8) is 0 Å². The van der Waals surface area contributed by atoms with Crippen LogP contribution in [0.3, 0.4) is 0 Å². The fourth-order valence-electron chi connectivity index (χ4n) is 2.80. The van der Waals surface area contributed by atoms with Crippen molar-refractivity contribution in [2.75, 3.05) is 6.54 Å². The Kier molecular flexibility index (Phi) is 4.02. The minimum Gasteiger partial charge on any atom is -0.332 e. The van der Waals surface area contributed by atoms with Crippen LogP contribution in [0, 0.1) is 0 Å². The summed E-state index contributed by atoms with van der Waals surface area (Å²) >= 11 is 0. The van der Waals surface area contributed by atoms with E-state index in [4.69, 9.17) is 0 Å². The summed E-state index contributed by atoms with van der Waals surface area (Å²) in [5.41, 5.74) is 0.144. The molecule has 1 aliphatic heterocycles. The van der Waals surface area contributed by atoms with Crippen LogP contribution in [0.1, 0.15) is 40.5 Å². The molecule has 3 heterocycles. The predicted molar refractivity (Wildman–Crippen MR) is 76.5 cm³/mol. The molecule has 0 saturated carbocycles. The highest BCUT2D eigenvalue weighted by Gasteiger charge is 2.34. The van der Waals surface area contributed by atoms with Gasteiger partial charge in [-0.05, 0) is 42.7 Å². The van der Waals surface area contributed by atoms with E-state index in [0.29, 0.717) is 6.54 Å². The molecule has 0 radical (unpaired) electrons. The van der Waals surface area contributed by atoms with Gasteiger partial charge in [0.2, 0.25) is 0 Å². The van der Waals surface area contributed by atoms with E-state index in [0.717, 1.165) is 30.7 Å². The SMILES string of the molecule is O=C(c1ccc(C(F)(F)F)nc1)N1CCC[C@@H]1c1ccncc1. The Balaban J connectivity index is 1.82. The first-order chi connectivity index (χ1) is 11.0. The number of carbonyl (C=O) groups is 1. The molecular formula is C16H14F3N3O. The normalized spacial score (nSPS) is 18.2. The van der Waals surface area contributed by atoms with Gasteiger partial charge >= 0.3 is 6.18 Å². The number of amides is 1. The van der Waals surface area contributed by atoms with Gasteiger partial charge in [-0.25, -0.2) is 0 Å². The molecule has 0 N–H and O–H groups in total. The molecule has 1 aliphatic rings. The molecule has 1 amide bonds. The molecule has 0 bridgehead atoms. The van der Waals surface area contributed by atoms with Crippen molar-refractivity contribution in [1.82, 2.24) is 14.9 Å². The van der Waals surface area contributed by atoms with E-state index in [1.807, 2.05) is 12.1 Å². The first-order valence-corrected chi connectivity index (χ1v) is 7.21. The van der Waals surface area contributed by atoms with Crippen molar-refractivity contribution in [2.45, 2.75) is 25.1 Å². The Hall–Kier alpha value is -2.44. The van der Waals surface area contributed by atoms with Gasteiger partial charge in [0.15, 0.2) is 0 Å². The summed E-state index contributed by atoms with van der Waals surface area (Å²) in [5, 5.41) is 0. The molecule has 1 saturated heterocycles. The minimum absolute atomic E-state index is 0.0761. The fourth-order valence-corrected chi connectivity index (χ4v) is 2.80. The van der Waals surface area contributed by atoms with E-state index in [2.05, 4.69) is 9.97 Å². The summed E-state index contributed by atoms with van der Waals surface area (Å²) in [6.45, 7) is 0.576. The van der Waals surface area contributed by atoms with Gasteiger partial charge in [0.05, 0.1) is 11.6 Å². The third-order valence-corrected chi connectivity index (χ3v) is 3.91. The summed E-state index contributed by atoms with van der Waals surface area (Å²) in [4.78, 5) is 21.6. The van der Waals surface area contributed by atoms with E-state index in [9.17, 15) is 18.0 Å². The lowest BCUT2D eigenvalue weighted by Crippen LogP contribution is -2.30. The lowest BCUT2D eigenvalue weighted by Gasteiger charge is -2.25. The smallest absolute Gasteiger partial charge is 0.332 e. The molecule has 7 heteroatoms. The number of aromatic nitrogens is 2. The number of carbonyl (C=O) groups excluding carboxylic acids is 1. The number of alkyl halides is 3. The van der Waals surface area contributed by atoms with Gasteiger partial charge in [-0.1, -0.05) is 0 Å². The first-order valence-electron chi connectivity index (χ1n) is 7.21. The lowest BCUT2D eigenvalue weighted by molar-refractivity contribution is -0.141. The summed E-state index contributed by atoms with van der Waals surface area (Å²) in [6.07, 6.45) is 1.49. The molecule has 3 rings (SSSR count). The maximum absolute atomic E-state index is 12.6. The molecule has 2 aromatic heterocycles. The zero-order chi connectivity index (χ0) is 16.4. The van der Waals surface area contributed by atoms with E-state index in [1.54, 1.807) is 17.3 Å². The topological polar surface area (TPSA) is 46.1 Å². The minimum atomic E-state index is -4.51. The molecule has 1 atom stereocenters. The van der Waals surface area contributed by atoms with Crippen molar-refractivity contribution in [3.05, 3.63) is 59.7 Å². The number of rotatable bonds is 2. The van der Waals surface area contributed by atoms with E-state index in [1.165, 1.54) is 6.07 Å². The number of halogens is 3. The Morgan fingerprint density at radius 3 is 2.52 bits per heavy atom. The summed E-state index contributed by atoms with van der Waals surface area (Å²) < 4.78 is 37.6. The van der Waals surface area contributed by atoms with E-state index in [-0.39, 0.29) is 17.5 Å². The highest BCUT2D eigenvalue weighted by molar-refractivity contribution is 5.94. The monoisotopic (exact) mass is 321 g/mol. The van der Waals surface area contributed by atoms with Gasteiger partial charge < -0.3 is 4.90 Å². The zero-order valence-corrected chi connectivity index (χ0v) is 12.1. The number of pyridine rings is 2. The molecular weight excluding hydrogens is 307 g/mol. The Morgan fingerprint density at radius 1 is 1.17 bits per heavy atom. The van der Waals surface area contributed by atoms with Crippen LogP contribution < -0.4 is 0 Å². The number of hydrogen-bond acceptors (Lipinski definition) is 3. The van der Waals surface area contributed by atoms with Crippen LogP contribution in [0.15, 0.2) is 42.9 Å². The highest BCUT2D eigenvalue weighted by Crippen LogP contribution is 2.33. The average Bonchev–Trinajstić information content (AvgIpc) is 3.04. The molecule has 0 aromatic carbocycles. The average molecular weight is 321 g/mol. The molecule has 120 valence electrons. The van der Waals surface area contributed by atoms with Gasteiger partial charge in [0, 0.05) is 25.1 Å². The van der Waals surface area contributed by atoms with E-state index >= 15 is 0 Å². The van der Waals surface area contributed by atoms with Crippen molar-refractivity contribution < 1.29 is 18.0 Å². The molecule has 23 heavy (non-hydrogen) atoms. The van der Waals surface area contributed by atoms with Crippen LogP contribution in [0.25, 0.3) is 0 Å². The number of hydrogen-bond donors (Lipinski definition) is 0. The maximum Gasteiger partial charge on any atom is 0.433 e. The molecule has 0 spiro atoms. The molecule has 1 fully saturated rings. The Morgan fingerprint density at radius 2 is 1.91 bits per heavy atom. The van der Waals surface area contributed by atoms with Crippen LogP contribution in [0.2, 0.25) is 0 Å². The van der Waals surface area contributed by atoms with Gasteiger partial charge in [0.25, 0.3) is 5.91 Å². The van der Waals surface area contributed by atoms with Crippen LogP contribution in [-0.4, -0.2) is 27.3 Å². The Labute approximate surface area is 131 Å². The van der Waals surface area contributed by atoms with Crippen molar-refractivity contribution in [1.29, 1.82) is 0 Å². The fraction of sp³-hybridized carbons (Fsp3) is 0.312. The van der Waals surface area contributed by atoms with Crippen molar-refractivity contribution in [3.8, 4) is 0 Å². The van der Waals surface area contributed by atoms with Crippen LogP contribution >= 0.6 is 0 Å². The van der Waals surface area contributed by atoms with Gasteiger partial charge in [-0.2, -0.15) is 13.2 Å². The number of nitrogens with zero attached hydrogens (tertiary/aromatic N) is 3. The first kappa shape index (κ1) is 15.5. The zero-order valence-electron chi connectivity index (χ0n) is 12.1. The summed E-state index contributed by atoms with van der Waals surface area (Å²) in [6, 6.07) is 5.64. The largest absolute Gasteiger partial charge is 0.433 e. The van der Waals surface area contributed by atoms with Crippen LogP contribution in [0.4, 0.5) is 13.2 Å².